The molecule has 0 aliphatic rings. The van der Waals surface area contributed by atoms with Crippen LogP contribution in [-0.2, 0) is 11.3 Å². The third-order valence-corrected chi connectivity index (χ3v) is 2.97. The van der Waals surface area contributed by atoms with Gasteiger partial charge in [-0.3, -0.25) is 4.79 Å². The van der Waals surface area contributed by atoms with Crippen molar-refractivity contribution in [3.05, 3.63) is 22.7 Å². The van der Waals surface area contributed by atoms with E-state index < -0.39 is 0 Å². The van der Waals surface area contributed by atoms with Gasteiger partial charge in [0, 0.05) is 6.54 Å². The van der Waals surface area contributed by atoms with E-state index in [1.165, 1.54) is 7.11 Å². The van der Waals surface area contributed by atoms with Crippen LogP contribution in [0.25, 0.3) is 0 Å². The van der Waals surface area contributed by atoms with E-state index in [1.54, 1.807) is 6.07 Å². The van der Waals surface area contributed by atoms with Gasteiger partial charge in [0.2, 0.25) is 5.91 Å². The average Bonchev–Trinajstić information content (AvgIpc) is 2.36. The Morgan fingerprint density at radius 1 is 1.50 bits per heavy atom. The molecular formula is C12H15BrClNO3. The smallest absolute Gasteiger partial charge is 0.230 e. The second-order valence-electron chi connectivity index (χ2n) is 3.45. The quantitative estimate of drug-likeness (QED) is 0.813. The summed E-state index contributed by atoms with van der Waals surface area (Å²) in [5.74, 6) is 1.00. The Morgan fingerprint density at radius 3 is 2.78 bits per heavy atom. The average molecular weight is 337 g/mol. The van der Waals surface area contributed by atoms with Crippen molar-refractivity contribution in [3.63, 3.8) is 0 Å². The van der Waals surface area contributed by atoms with Gasteiger partial charge >= 0.3 is 0 Å². The number of halogens is 2. The van der Waals surface area contributed by atoms with Crippen molar-refractivity contribution in [2.75, 3.05) is 19.0 Å². The van der Waals surface area contributed by atoms with Gasteiger partial charge in [-0.1, -0.05) is 27.5 Å². The highest BCUT2D eigenvalue weighted by molar-refractivity contribution is 9.09. The van der Waals surface area contributed by atoms with Crippen molar-refractivity contribution in [2.45, 2.75) is 13.5 Å². The zero-order valence-electron chi connectivity index (χ0n) is 10.3. The summed E-state index contributed by atoms with van der Waals surface area (Å²) in [7, 11) is 1.54. The molecule has 0 saturated heterocycles. The van der Waals surface area contributed by atoms with E-state index in [9.17, 15) is 4.79 Å². The number of amides is 1. The summed E-state index contributed by atoms with van der Waals surface area (Å²) in [4.78, 5) is 11.2. The van der Waals surface area contributed by atoms with Gasteiger partial charge in [0.15, 0.2) is 11.5 Å². The number of nitrogens with one attached hydrogen (secondary N) is 1. The van der Waals surface area contributed by atoms with Gasteiger partial charge in [-0.15, -0.1) is 0 Å². The van der Waals surface area contributed by atoms with Gasteiger partial charge in [-0.05, 0) is 24.6 Å². The number of methoxy groups -OCH3 is 1. The molecule has 1 rings (SSSR count). The van der Waals surface area contributed by atoms with Crippen molar-refractivity contribution >= 4 is 33.4 Å². The predicted molar refractivity (Wildman–Crippen MR) is 74.8 cm³/mol. The number of hydrogen-bond acceptors (Lipinski definition) is 3. The molecule has 0 fully saturated rings. The van der Waals surface area contributed by atoms with Crippen LogP contribution in [0.15, 0.2) is 12.1 Å². The van der Waals surface area contributed by atoms with E-state index >= 15 is 0 Å². The molecule has 1 aromatic carbocycles. The molecular weight excluding hydrogens is 321 g/mol. The lowest BCUT2D eigenvalue weighted by molar-refractivity contribution is -0.118. The predicted octanol–water partition coefficient (Wildman–Crippen LogP) is 2.76. The Kier molecular flexibility index (Phi) is 6.29. The molecule has 0 aliphatic carbocycles. The SMILES string of the molecule is CCOc1cc(CNC(=O)CBr)cc(Cl)c1OC. The fraction of sp³-hybridized carbons (Fsp3) is 0.417. The molecule has 0 radical (unpaired) electrons. The summed E-state index contributed by atoms with van der Waals surface area (Å²) in [6.07, 6.45) is 0. The Bertz CT molecular complexity index is 426. The zero-order valence-corrected chi connectivity index (χ0v) is 12.6. The van der Waals surface area contributed by atoms with E-state index in [0.29, 0.717) is 29.7 Å². The highest BCUT2D eigenvalue weighted by Gasteiger charge is 2.11. The number of benzene rings is 1. The van der Waals surface area contributed by atoms with Gasteiger partial charge in [-0.25, -0.2) is 0 Å². The number of hydrogen-bond donors (Lipinski definition) is 1. The van der Waals surface area contributed by atoms with Gasteiger partial charge in [0.25, 0.3) is 0 Å². The first kappa shape index (κ1) is 15.1. The fourth-order valence-electron chi connectivity index (χ4n) is 1.43. The second-order valence-corrected chi connectivity index (χ2v) is 4.42. The number of carbonyl (C=O) groups excluding carboxylic acids is 1. The van der Waals surface area contributed by atoms with Gasteiger partial charge in [0.05, 0.1) is 24.1 Å². The first-order chi connectivity index (χ1) is 8.62. The van der Waals surface area contributed by atoms with Crippen LogP contribution in [-0.4, -0.2) is 25.0 Å². The van der Waals surface area contributed by atoms with Gasteiger partial charge < -0.3 is 14.8 Å². The summed E-state index contributed by atoms with van der Waals surface area (Å²) in [6.45, 7) is 2.80. The van der Waals surface area contributed by atoms with Gasteiger partial charge in [0.1, 0.15) is 0 Å². The van der Waals surface area contributed by atoms with E-state index in [1.807, 2.05) is 13.0 Å². The van der Waals surface area contributed by atoms with Crippen LogP contribution in [0.3, 0.4) is 0 Å². The highest BCUT2D eigenvalue weighted by Crippen LogP contribution is 2.36. The summed E-state index contributed by atoms with van der Waals surface area (Å²) in [6, 6.07) is 3.56. The minimum atomic E-state index is -0.0834. The molecule has 0 atom stereocenters. The van der Waals surface area contributed by atoms with Crippen molar-refractivity contribution < 1.29 is 14.3 Å². The zero-order chi connectivity index (χ0) is 13.5. The number of rotatable bonds is 6. The molecule has 1 amide bonds. The summed E-state index contributed by atoms with van der Waals surface area (Å²) in [5, 5.41) is 3.48. The molecule has 0 unspecified atom stereocenters. The van der Waals surface area contributed by atoms with E-state index in [0.717, 1.165) is 5.56 Å². The molecule has 100 valence electrons. The van der Waals surface area contributed by atoms with Crippen LogP contribution in [0.5, 0.6) is 11.5 Å². The Labute approximate surface area is 120 Å². The maximum absolute atomic E-state index is 11.2. The van der Waals surface area contributed by atoms with Crippen molar-refractivity contribution in [2.24, 2.45) is 0 Å². The summed E-state index contributed by atoms with van der Waals surface area (Å²) >= 11 is 9.17. The fourth-order valence-corrected chi connectivity index (χ4v) is 1.94. The number of carbonyl (C=O) groups is 1. The monoisotopic (exact) mass is 335 g/mol. The first-order valence-electron chi connectivity index (χ1n) is 5.44. The standard InChI is InChI=1S/C12H15BrClNO3/c1-3-18-10-5-8(7-15-11(16)6-13)4-9(14)12(10)17-2/h4-5H,3,6-7H2,1-2H3,(H,15,16). The molecule has 18 heavy (non-hydrogen) atoms. The third-order valence-electron chi connectivity index (χ3n) is 2.18. The molecule has 0 bridgehead atoms. The largest absolute Gasteiger partial charge is 0.491 e. The second kappa shape index (κ2) is 7.48. The van der Waals surface area contributed by atoms with Crippen molar-refractivity contribution in [1.29, 1.82) is 0 Å². The normalized spacial score (nSPS) is 10.0. The van der Waals surface area contributed by atoms with Crippen LogP contribution in [0.1, 0.15) is 12.5 Å². The van der Waals surface area contributed by atoms with Crippen LogP contribution in [0.4, 0.5) is 0 Å². The van der Waals surface area contributed by atoms with Crippen LogP contribution < -0.4 is 14.8 Å². The minimum Gasteiger partial charge on any atom is -0.491 e. The van der Waals surface area contributed by atoms with Crippen molar-refractivity contribution in [3.8, 4) is 11.5 Å². The molecule has 0 spiro atoms. The van der Waals surface area contributed by atoms with Gasteiger partial charge in [-0.2, -0.15) is 0 Å². The molecule has 0 heterocycles. The van der Waals surface area contributed by atoms with Crippen LogP contribution in [0.2, 0.25) is 5.02 Å². The van der Waals surface area contributed by atoms with E-state index in [-0.39, 0.29) is 11.2 Å². The topological polar surface area (TPSA) is 47.6 Å². The molecule has 1 N–H and O–H groups in total. The first-order valence-corrected chi connectivity index (χ1v) is 6.94. The van der Waals surface area contributed by atoms with Crippen LogP contribution >= 0.6 is 27.5 Å². The number of ether oxygens (including phenoxy) is 2. The summed E-state index contributed by atoms with van der Waals surface area (Å²) in [5.41, 5.74) is 0.860. The lowest BCUT2D eigenvalue weighted by atomic mass is 10.2. The highest BCUT2D eigenvalue weighted by atomic mass is 79.9. The third kappa shape index (κ3) is 4.07. The molecule has 1 aromatic rings. The molecule has 4 nitrogen and oxygen atoms in total. The molecule has 0 aliphatic heterocycles. The van der Waals surface area contributed by atoms with Crippen LogP contribution in [0, 0.1) is 0 Å². The lowest BCUT2D eigenvalue weighted by Crippen LogP contribution is -2.23. The van der Waals surface area contributed by atoms with Crippen molar-refractivity contribution in [1.82, 2.24) is 5.32 Å². The Morgan fingerprint density at radius 2 is 2.22 bits per heavy atom. The number of alkyl halides is 1. The maximum atomic E-state index is 11.2. The van der Waals surface area contributed by atoms with E-state index in [4.69, 9.17) is 21.1 Å². The molecule has 6 heteroatoms. The Hall–Kier alpha value is -0.940. The minimum absolute atomic E-state index is 0.0834. The molecule has 0 aromatic heterocycles. The van der Waals surface area contributed by atoms with E-state index in [2.05, 4.69) is 21.2 Å². The lowest BCUT2D eigenvalue weighted by Gasteiger charge is -2.13. The Balaban J connectivity index is 2.90. The summed E-state index contributed by atoms with van der Waals surface area (Å²) < 4.78 is 10.6. The maximum Gasteiger partial charge on any atom is 0.230 e. The molecule has 0 saturated carbocycles.